The summed E-state index contributed by atoms with van der Waals surface area (Å²) >= 11 is 5.73. The molecule has 0 spiro atoms. The second-order valence-electron chi connectivity index (χ2n) is 4.08. The molecule has 3 rings (SSSR count). The van der Waals surface area contributed by atoms with Gasteiger partial charge in [0.2, 0.25) is 0 Å². The predicted molar refractivity (Wildman–Crippen MR) is 70.6 cm³/mol. The van der Waals surface area contributed by atoms with Gasteiger partial charge in [-0.25, -0.2) is 4.98 Å². The molecule has 0 amide bonds. The van der Waals surface area contributed by atoms with Gasteiger partial charge in [0.1, 0.15) is 5.82 Å². The number of aromatic nitrogens is 4. The van der Waals surface area contributed by atoms with Crippen LogP contribution < -0.4 is 0 Å². The molecule has 0 N–H and O–H groups in total. The lowest BCUT2D eigenvalue weighted by Gasteiger charge is -2.05. The molecule has 90 valence electrons. The van der Waals surface area contributed by atoms with E-state index in [4.69, 9.17) is 11.6 Å². The number of nitrogens with zero attached hydrogens (tertiary/aromatic N) is 4. The van der Waals surface area contributed by atoms with Crippen molar-refractivity contribution in [1.82, 2.24) is 19.7 Å². The second-order valence-corrected chi connectivity index (χ2v) is 4.47. The van der Waals surface area contributed by atoms with Crippen molar-refractivity contribution in [2.24, 2.45) is 0 Å². The SMILES string of the molecule is Cc1nc2ccccc2n1Cc1ccc(Cl)nn1. The Bertz CT molecular complexity index is 688. The maximum absolute atomic E-state index is 5.73. The molecule has 0 saturated heterocycles. The van der Waals surface area contributed by atoms with Gasteiger partial charge in [-0.15, -0.1) is 5.10 Å². The fourth-order valence-corrected chi connectivity index (χ4v) is 2.09. The monoisotopic (exact) mass is 258 g/mol. The molecule has 0 aliphatic carbocycles. The van der Waals surface area contributed by atoms with Crippen molar-refractivity contribution < 1.29 is 0 Å². The third-order valence-corrected chi connectivity index (χ3v) is 3.05. The molecule has 0 atom stereocenters. The van der Waals surface area contributed by atoms with Crippen LogP contribution in [-0.2, 0) is 6.54 Å². The van der Waals surface area contributed by atoms with E-state index in [9.17, 15) is 0 Å². The van der Waals surface area contributed by atoms with E-state index in [0.717, 1.165) is 22.6 Å². The van der Waals surface area contributed by atoms with Crippen LogP contribution >= 0.6 is 11.6 Å². The van der Waals surface area contributed by atoms with Gasteiger partial charge >= 0.3 is 0 Å². The third kappa shape index (κ3) is 1.95. The number of hydrogen-bond donors (Lipinski definition) is 0. The van der Waals surface area contributed by atoms with Crippen molar-refractivity contribution in [3.8, 4) is 0 Å². The Morgan fingerprint density at radius 3 is 2.72 bits per heavy atom. The highest BCUT2D eigenvalue weighted by Gasteiger charge is 2.07. The molecule has 0 unspecified atom stereocenters. The lowest BCUT2D eigenvalue weighted by molar-refractivity contribution is 0.746. The molecule has 0 bridgehead atoms. The fourth-order valence-electron chi connectivity index (χ4n) is 1.99. The average molecular weight is 259 g/mol. The van der Waals surface area contributed by atoms with Crippen LogP contribution in [0.15, 0.2) is 36.4 Å². The van der Waals surface area contributed by atoms with Gasteiger partial charge in [0.05, 0.1) is 23.3 Å². The summed E-state index contributed by atoms with van der Waals surface area (Å²) in [5.74, 6) is 0.966. The first-order valence-corrected chi connectivity index (χ1v) is 6.02. The second kappa shape index (κ2) is 4.38. The first-order chi connectivity index (χ1) is 8.74. The van der Waals surface area contributed by atoms with Crippen molar-refractivity contribution in [2.75, 3.05) is 0 Å². The van der Waals surface area contributed by atoms with Gasteiger partial charge in [-0.05, 0) is 31.2 Å². The first kappa shape index (κ1) is 11.2. The quantitative estimate of drug-likeness (QED) is 0.710. The van der Waals surface area contributed by atoms with E-state index < -0.39 is 0 Å². The highest BCUT2D eigenvalue weighted by Crippen LogP contribution is 2.16. The van der Waals surface area contributed by atoms with Crippen LogP contribution in [0.5, 0.6) is 0 Å². The van der Waals surface area contributed by atoms with Gasteiger partial charge in [0.25, 0.3) is 0 Å². The summed E-state index contributed by atoms with van der Waals surface area (Å²) < 4.78 is 2.12. The number of fused-ring (bicyclic) bond motifs is 1. The summed E-state index contributed by atoms with van der Waals surface area (Å²) in [7, 11) is 0. The number of aryl methyl sites for hydroxylation is 1. The van der Waals surface area contributed by atoms with Crippen LogP contribution in [-0.4, -0.2) is 19.7 Å². The highest BCUT2D eigenvalue weighted by molar-refractivity contribution is 6.29. The summed E-state index contributed by atoms with van der Waals surface area (Å²) in [6.45, 7) is 2.64. The van der Waals surface area contributed by atoms with Gasteiger partial charge in [-0.1, -0.05) is 23.7 Å². The van der Waals surface area contributed by atoms with E-state index in [1.54, 1.807) is 6.07 Å². The zero-order valence-electron chi connectivity index (χ0n) is 9.84. The molecular formula is C13H11ClN4. The van der Waals surface area contributed by atoms with Crippen LogP contribution in [0.3, 0.4) is 0 Å². The summed E-state index contributed by atoms with van der Waals surface area (Å²) in [4.78, 5) is 4.52. The fraction of sp³-hybridized carbons (Fsp3) is 0.154. The number of para-hydroxylation sites is 2. The number of halogens is 1. The van der Waals surface area contributed by atoms with E-state index in [-0.39, 0.29) is 0 Å². The van der Waals surface area contributed by atoms with Crippen molar-refractivity contribution >= 4 is 22.6 Å². The Labute approximate surface area is 109 Å². The number of benzene rings is 1. The number of imidazole rings is 1. The minimum absolute atomic E-state index is 0.408. The molecule has 0 fully saturated rings. The van der Waals surface area contributed by atoms with Crippen molar-refractivity contribution in [3.05, 3.63) is 53.1 Å². The smallest absolute Gasteiger partial charge is 0.151 e. The minimum Gasteiger partial charge on any atom is -0.322 e. The van der Waals surface area contributed by atoms with E-state index in [1.165, 1.54) is 0 Å². The molecule has 0 aliphatic rings. The first-order valence-electron chi connectivity index (χ1n) is 5.64. The normalized spacial score (nSPS) is 11.0. The molecule has 2 aromatic heterocycles. The molecule has 3 aromatic rings. The van der Waals surface area contributed by atoms with Crippen LogP contribution in [0.4, 0.5) is 0 Å². The molecule has 4 nitrogen and oxygen atoms in total. The Morgan fingerprint density at radius 1 is 1.11 bits per heavy atom. The van der Waals surface area contributed by atoms with Gasteiger partial charge in [0.15, 0.2) is 5.15 Å². The van der Waals surface area contributed by atoms with Gasteiger partial charge < -0.3 is 4.57 Å². The maximum Gasteiger partial charge on any atom is 0.151 e. The highest BCUT2D eigenvalue weighted by atomic mass is 35.5. The van der Waals surface area contributed by atoms with Gasteiger partial charge in [-0.2, -0.15) is 5.10 Å². The lowest BCUT2D eigenvalue weighted by atomic mass is 10.3. The molecular weight excluding hydrogens is 248 g/mol. The molecule has 1 aromatic carbocycles. The Hall–Kier alpha value is -1.94. The average Bonchev–Trinajstić information content (AvgIpc) is 2.69. The minimum atomic E-state index is 0.408. The van der Waals surface area contributed by atoms with Gasteiger partial charge in [0, 0.05) is 0 Å². The molecule has 0 saturated carbocycles. The number of rotatable bonds is 2. The standard InChI is InChI=1S/C13H11ClN4/c1-9-15-11-4-2-3-5-12(11)18(9)8-10-6-7-13(14)17-16-10/h2-7H,8H2,1H3. The summed E-state index contributed by atoms with van der Waals surface area (Å²) in [6.07, 6.45) is 0. The van der Waals surface area contributed by atoms with E-state index in [2.05, 4.69) is 25.8 Å². The number of hydrogen-bond acceptors (Lipinski definition) is 3. The zero-order chi connectivity index (χ0) is 12.5. The molecule has 5 heteroatoms. The van der Waals surface area contributed by atoms with Crippen molar-refractivity contribution in [2.45, 2.75) is 13.5 Å². The van der Waals surface area contributed by atoms with Crippen molar-refractivity contribution in [1.29, 1.82) is 0 Å². The predicted octanol–water partition coefficient (Wildman–Crippen LogP) is 2.84. The Morgan fingerprint density at radius 2 is 1.94 bits per heavy atom. The zero-order valence-corrected chi connectivity index (χ0v) is 10.6. The van der Waals surface area contributed by atoms with E-state index in [0.29, 0.717) is 11.7 Å². The summed E-state index contributed by atoms with van der Waals surface area (Å²) in [5.41, 5.74) is 2.97. The van der Waals surface area contributed by atoms with Crippen LogP contribution in [0.25, 0.3) is 11.0 Å². The summed E-state index contributed by atoms with van der Waals surface area (Å²) in [6, 6.07) is 11.7. The largest absolute Gasteiger partial charge is 0.322 e. The molecule has 0 radical (unpaired) electrons. The maximum atomic E-state index is 5.73. The van der Waals surface area contributed by atoms with Gasteiger partial charge in [-0.3, -0.25) is 0 Å². The molecule has 18 heavy (non-hydrogen) atoms. The molecule has 2 heterocycles. The lowest BCUT2D eigenvalue weighted by Crippen LogP contribution is -2.04. The van der Waals surface area contributed by atoms with Crippen LogP contribution in [0, 0.1) is 6.92 Å². The Kier molecular flexibility index (Phi) is 2.72. The van der Waals surface area contributed by atoms with E-state index in [1.807, 2.05) is 31.2 Å². The summed E-state index contributed by atoms with van der Waals surface area (Å²) in [5, 5.41) is 8.33. The van der Waals surface area contributed by atoms with E-state index >= 15 is 0 Å². The Balaban J connectivity index is 2.04. The van der Waals surface area contributed by atoms with Crippen LogP contribution in [0.1, 0.15) is 11.5 Å². The third-order valence-electron chi connectivity index (χ3n) is 2.85. The molecule has 0 aliphatic heterocycles. The van der Waals surface area contributed by atoms with Crippen LogP contribution in [0.2, 0.25) is 5.15 Å². The topological polar surface area (TPSA) is 43.6 Å². The van der Waals surface area contributed by atoms with Crippen molar-refractivity contribution in [3.63, 3.8) is 0 Å².